The van der Waals surface area contributed by atoms with Gasteiger partial charge in [0.2, 0.25) is 5.88 Å². The van der Waals surface area contributed by atoms with Gasteiger partial charge in [0.1, 0.15) is 12.4 Å². The van der Waals surface area contributed by atoms with Gasteiger partial charge in [-0.15, -0.1) is 0 Å². The van der Waals surface area contributed by atoms with Crippen molar-refractivity contribution in [2.75, 3.05) is 20.8 Å². The van der Waals surface area contributed by atoms with Crippen molar-refractivity contribution in [3.05, 3.63) is 64.7 Å². The zero-order chi connectivity index (χ0) is 19.9. The van der Waals surface area contributed by atoms with Crippen molar-refractivity contribution in [1.29, 1.82) is 0 Å². The van der Waals surface area contributed by atoms with E-state index in [9.17, 15) is 0 Å². The van der Waals surface area contributed by atoms with Crippen molar-refractivity contribution < 1.29 is 14.2 Å². The van der Waals surface area contributed by atoms with Crippen molar-refractivity contribution in [2.24, 2.45) is 0 Å². The largest absolute Gasteiger partial charge is 0.497 e. The number of benzene rings is 2. The van der Waals surface area contributed by atoms with E-state index in [-0.39, 0.29) is 6.04 Å². The van der Waals surface area contributed by atoms with E-state index in [0.29, 0.717) is 30.7 Å². The topological polar surface area (TPSA) is 52.6 Å². The summed E-state index contributed by atoms with van der Waals surface area (Å²) in [5.74, 6) is 1.34. The van der Waals surface area contributed by atoms with Gasteiger partial charge in [0.15, 0.2) is 0 Å². The molecule has 0 fully saturated rings. The van der Waals surface area contributed by atoms with Gasteiger partial charge in [-0.3, -0.25) is 0 Å². The van der Waals surface area contributed by atoms with Gasteiger partial charge in [0.25, 0.3) is 0 Å². The molecule has 2 aromatic carbocycles. The lowest BCUT2D eigenvalue weighted by Crippen LogP contribution is -2.29. The quantitative estimate of drug-likeness (QED) is 0.568. The van der Waals surface area contributed by atoms with Crippen LogP contribution in [0.1, 0.15) is 18.1 Å². The number of rotatable bonds is 9. The van der Waals surface area contributed by atoms with Crippen LogP contribution in [0.25, 0.3) is 10.9 Å². The molecule has 1 heterocycles. The van der Waals surface area contributed by atoms with Crippen LogP contribution in [0.2, 0.25) is 5.02 Å². The first-order chi connectivity index (χ1) is 13.6. The first-order valence-corrected chi connectivity index (χ1v) is 9.54. The van der Waals surface area contributed by atoms with E-state index in [0.717, 1.165) is 27.8 Å². The van der Waals surface area contributed by atoms with E-state index >= 15 is 0 Å². The molecule has 0 aliphatic rings. The maximum Gasteiger partial charge on any atom is 0.218 e. The highest BCUT2D eigenvalue weighted by molar-refractivity contribution is 6.31. The number of ether oxygens (including phenoxy) is 3. The van der Waals surface area contributed by atoms with Crippen LogP contribution >= 0.6 is 11.6 Å². The number of hydrogen-bond donors (Lipinski definition) is 1. The van der Waals surface area contributed by atoms with Crippen LogP contribution in [0.15, 0.2) is 48.5 Å². The fourth-order valence-electron chi connectivity index (χ4n) is 2.91. The lowest BCUT2D eigenvalue weighted by Gasteiger charge is -2.16. The fraction of sp³-hybridized carbons (Fsp3) is 0.318. The van der Waals surface area contributed by atoms with Crippen molar-refractivity contribution in [3.8, 4) is 11.6 Å². The summed E-state index contributed by atoms with van der Waals surface area (Å²) in [6.45, 7) is 3.68. The van der Waals surface area contributed by atoms with Crippen LogP contribution in [0.3, 0.4) is 0 Å². The number of nitrogens with one attached hydrogen (secondary N) is 1. The number of hydrogen-bond acceptors (Lipinski definition) is 5. The fourth-order valence-corrected chi connectivity index (χ4v) is 3.10. The molecule has 0 bridgehead atoms. The molecule has 1 aromatic heterocycles. The average molecular weight is 401 g/mol. The van der Waals surface area contributed by atoms with E-state index in [1.165, 1.54) is 0 Å². The lowest BCUT2D eigenvalue weighted by atomic mass is 10.1. The minimum atomic E-state index is 0.216. The van der Waals surface area contributed by atoms with Crippen molar-refractivity contribution in [2.45, 2.75) is 26.1 Å². The molecule has 3 rings (SSSR count). The minimum absolute atomic E-state index is 0.216. The first-order valence-electron chi connectivity index (χ1n) is 9.17. The zero-order valence-electron chi connectivity index (χ0n) is 16.4. The smallest absolute Gasteiger partial charge is 0.218 e. The minimum Gasteiger partial charge on any atom is -0.497 e. The molecule has 1 atom stereocenters. The zero-order valence-corrected chi connectivity index (χ0v) is 17.1. The monoisotopic (exact) mass is 400 g/mol. The van der Waals surface area contributed by atoms with E-state index in [1.54, 1.807) is 14.2 Å². The van der Waals surface area contributed by atoms with Crippen molar-refractivity contribution in [1.82, 2.24) is 10.3 Å². The summed E-state index contributed by atoms with van der Waals surface area (Å²) in [5, 5.41) is 5.15. The third-order valence-corrected chi connectivity index (χ3v) is 4.81. The maximum absolute atomic E-state index is 6.26. The lowest BCUT2D eigenvalue weighted by molar-refractivity contribution is 0.171. The average Bonchev–Trinajstić information content (AvgIpc) is 2.71. The summed E-state index contributed by atoms with van der Waals surface area (Å²) in [5.41, 5.74) is 2.72. The maximum atomic E-state index is 6.26. The molecule has 1 unspecified atom stereocenters. The Morgan fingerprint density at radius 2 is 1.89 bits per heavy atom. The molecule has 0 saturated carbocycles. The Balaban J connectivity index is 1.88. The summed E-state index contributed by atoms with van der Waals surface area (Å²) in [6.07, 6.45) is 0. The summed E-state index contributed by atoms with van der Waals surface area (Å²) in [7, 11) is 3.34. The predicted octanol–water partition coefficient (Wildman–Crippen LogP) is 4.60. The van der Waals surface area contributed by atoms with Crippen LogP contribution in [0, 0.1) is 0 Å². The number of pyridine rings is 1. The van der Waals surface area contributed by atoms with Crippen LogP contribution in [0.4, 0.5) is 0 Å². The van der Waals surface area contributed by atoms with E-state index in [2.05, 4.69) is 18.3 Å². The summed E-state index contributed by atoms with van der Waals surface area (Å²) in [4.78, 5) is 4.74. The molecule has 1 N–H and O–H groups in total. The molecule has 0 aliphatic heterocycles. The molecule has 6 heteroatoms. The Hall–Kier alpha value is -2.34. The SMILES string of the molecule is COCC(C)NCc1cc2ccc(OC)cc2nc1OCc1ccccc1Cl. The van der Waals surface area contributed by atoms with Crippen LogP contribution in [0.5, 0.6) is 11.6 Å². The third-order valence-electron chi connectivity index (χ3n) is 4.44. The van der Waals surface area contributed by atoms with Gasteiger partial charge in [0.05, 0.1) is 19.2 Å². The predicted molar refractivity (Wildman–Crippen MR) is 112 cm³/mol. The molecular weight excluding hydrogens is 376 g/mol. The molecule has 0 aliphatic carbocycles. The van der Waals surface area contributed by atoms with Gasteiger partial charge in [-0.05, 0) is 31.2 Å². The summed E-state index contributed by atoms with van der Waals surface area (Å²) >= 11 is 6.26. The molecule has 0 saturated heterocycles. The number of halogens is 1. The second-order valence-corrected chi connectivity index (χ2v) is 7.04. The standard InChI is InChI=1S/C22H25ClN2O3/c1-15(13-26-2)24-12-18-10-16-8-9-19(27-3)11-21(16)25-22(18)28-14-17-6-4-5-7-20(17)23/h4-11,15,24H,12-14H2,1-3H3. The normalized spacial score (nSPS) is 12.1. The number of aromatic nitrogens is 1. The molecule has 5 nitrogen and oxygen atoms in total. The van der Waals surface area contributed by atoms with Gasteiger partial charge in [-0.1, -0.05) is 29.8 Å². The van der Waals surface area contributed by atoms with Gasteiger partial charge >= 0.3 is 0 Å². The first kappa shape index (κ1) is 20.4. The highest BCUT2D eigenvalue weighted by Gasteiger charge is 2.12. The Bertz CT molecular complexity index is 933. The Morgan fingerprint density at radius 1 is 1.07 bits per heavy atom. The number of fused-ring (bicyclic) bond motifs is 1. The second-order valence-electron chi connectivity index (χ2n) is 6.63. The second kappa shape index (κ2) is 9.73. The highest BCUT2D eigenvalue weighted by Crippen LogP contribution is 2.27. The van der Waals surface area contributed by atoms with Gasteiger partial charge < -0.3 is 19.5 Å². The molecule has 3 aromatic rings. The number of methoxy groups -OCH3 is 2. The highest BCUT2D eigenvalue weighted by atomic mass is 35.5. The van der Waals surface area contributed by atoms with E-state index in [4.69, 9.17) is 30.8 Å². The Kier molecular flexibility index (Phi) is 7.09. The molecule has 0 radical (unpaired) electrons. The summed E-state index contributed by atoms with van der Waals surface area (Å²) < 4.78 is 16.6. The van der Waals surface area contributed by atoms with Crippen molar-refractivity contribution >= 4 is 22.5 Å². The van der Waals surface area contributed by atoms with Gasteiger partial charge in [0, 0.05) is 47.3 Å². The molecule has 0 spiro atoms. The molecular formula is C22H25ClN2O3. The Morgan fingerprint density at radius 3 is 2.64 bits per heavy atom. The molecule has 28 heavy (non-hydrogen) atoms. The Labute approximate surface area is 170 Å². The molecule has 148 valence electrons. The van der Waals surface area contributed by atoms with Crippen molar-refractivity contribution in [3.63, 3.8) is 0 Å². The van der Waals surface area contributed by atoms with Crippen LogP contribution in [-0.2, 0) is 17.9 Å². The van der Waals surface area contributed by atoms with Gasteiger partial charge in [-0.25, -0.2) is 4.98 Å². The van der Waals surface area contributed by atoms with Crippen LogP contribution in [-0.4, -0.2) is 31.9 Å². The molecule has 0 amide bonds. The van der Waals surface area contributed by atoms with Crippen LogP contribution < -0.4 is 14.8 Å². The third kappa shape index (κ3) is 5.13. The number of nitrogens with zero attached hydrogens (tertiary/aromatic N) is 1. The van der Waals surface area contributed by atoms with E-state index in [1.807, 2.05) is 42.5 Å². The summed E-state index contributed by atoms with van der Waals surface area (Å²) in [6, 6.07) is 15.8. The van der Waals surface area contributed by atoms with Gasteiger partial charge in [-0.2, -0.15) is 0 Å². The van der Waals surface area contributed by atoms with E-state index < -0.39 is 0 Å².